The number of ether oxygens (including phenoxy) is 1. The Balaban J connectivity index is 1.37. The Bertz CT molecular complexity index is 1830. The van der Waals surface area contributed by atoms with Gasteiger partial charge in [-0.2, -0.15) is 22.8 Å². The molecular formula is C31H37F3N8O5. The van der Waals surface area contributed by atoms with Crippen LogP contribution in [0.2, 0.25) is 0 Å². The Morgan fingerprint density at radius 3 is 2.51 bits per heavy atom. The number of anilines is 2. The summed E-state index contributed by atoms with van der Waals surface area (Å²) in [5.41, 5.74) is 0.209. The highest BCUT2D eigenvalue weighted by atomic mass is 19.4. The van der Waals surface area contributed by atoms with Gasteiger partial charge in [0, 0.05) is 43.0 Å². The predicted molar refractivity (Wildman–Crippen MR) is 165 cm³/mol. The number of aryl methyl sites for hydroxylation is 1. The molecule has 1 aliphatic carbocycles. The number of nitrogens with zero attached hydrogens (tertiary/aromatic N) is 7. The van der Waals surface area contributed by atoms with Gasteiger partial charge < -0.3 is 29.6 Å². The van der Waals surface area contributed by atoms with Crippen molar-refractivity contribution < 1.29 is 37.7 Å². The third kappa shape index (κ3) is 6.92. The van der Waals surface area contributed by atoms with Crippen molar-refractivity contribution >= 4 is 35.1 Å². The molecule has 2 amide bonds. The van der Waals surface area contributed by atoms with Crippen molar-refractivity contribution in [2.24, 2.45) is 5.92 Å². The van der Waals surface area contributed by atoms with Crippen molar-refractivity contribution in [2.75, 3.05) is 29.9 Å². The van der Waals surface area contributed by atoms with Gasteiger partial charge in [-0.1, -0.05) is 0 Å². The third-order valence-electron chi connectivity index (χ3n) is 8.39. The summed E-state index contributed by atoms with van der Waals surface area (Å²) in [4.78, 5) is 36.9. The fourth-order valence-electron chi connectivity index (χ4n) is 5.85. The van der Waals surface area contributed by atoms with Crippen molar-refractivity contribution in [3.63, 3.8) is 0 Å². The number of nitrogens with one attached hydrogen (secondary N) is 1. The summed E-state index contributed by atoms with van der Waals surface area (Å²) in [6.45, 7) is 6.99. The first kappa shape index (κ1) is 32.3. The molecule has 0 radical (unpaired) electrons. The fourth-order valence-corrected chi connectivity index (χ4v) is 5.85. The first-order chi connectivity index (χ1) is 22.1. The lowest BCUT2D eigenvalue weighted by atomic mass is 9.94. The second-order valence-corrected chi connectivity index (χ2v) is 13.3. The summed E-state index contributed by atoms with van der Waals surface area (Å²) >= 11 is 0. The van der Waals surface area contributed by atoms with E-state index < -0.39 is 35.6 Å². The molecule has 0 spiro atoms. The van der Waals surface area contributed by atoms with E-state index in [0.717, 1.165) is 24.5 Å². The van der Waals surface area contributed by atoms with Crippen LogP contribution >= 0.6 is 0 Å². The van der Waals surface area contributed by atoms with Crippen LogP contribution in [0.4, 0.5) is 34.4 Å². The molecule has 47 heavy (non-hydrogen) atoms. The summed E-state index contributed by atoms with van der Waals surface area (Å²) in [5.74, 6) is 0.718. The topological polar surface area (TPSA) is 150 Å². The Hall–Kier alpha value is -4.60. The average molecular weight is 659 g/mol. The zero-order chi connectivity index (χ0) is 33.8. The number of carbonyl (C=O) groups excluding carboxylic acids is 1. The number of halogens is 3. The number of hydrogen-bond acceptors (Lipinski definition) is 8. The number of carboxylic acid groups (broad SMARTS) is 1. The second-order valence-electron chi connectivity index (χ2n) is 13.3. The fraction of sp³-hybridized carbons (Fsp3) is 0.516. The highest BCUT2D eigenvalue weighted by Gasteiger charge is 2.35. The van der Waals surface area contributed by atoms with Crippen molar-refractivity contribution in [1.82, 2.24) is 28.9 Å². The van der Waals surface area contributed by atoms with Crippen LogP contribution in [0.25, 0.3) is 11.3 Å². The maximum Gasteiger partial charge on any atom is 0.416 e. The summed E-state index contributed by atoms with van der Waals surface area (Å²) in [6.07, 6.45) is -0.185. The first-order valence-electron chi connectivity index (χ1n) is 15.4. The molecule has 2 unspecified atom stereocenters. The third-order valence-corrected chi connectivity index (χ3v) is 8.39. The summed E-state index contributed by atoms with van der Waals surface area (Å²) in [5, 5.41) is 27.8. The number of alkyl halides is 3. The van der Waals surface area contributed by atoms with Crippen molar-refractivity contribution in [3.8, 4) is 0 Å². The highest BCUT2D eigenvalue weighted by Crippen LogP contribution is 2.42. The van der Waals surface area contributed by atoms with Crippen LogP contribution in [0.1, 0.15) is 68.3 Å². The van der Waals surface area contributed by atoms with E-state index in [1.165, 1.54) is 27.3 Å². The predicted octanol–water partition coefficient (Wildman–Crippen LogP) is 5.30. The number of imidazole rings is 1. The van der Waals surface area contributed by atoms with E-state index >= 15 is 0 Å². The van der Waals surface area contributed by atoms with Gasteiger partial charge in [-0.05, 0) is 64.5 Å². The molecule has 3 N–H and O–H groups in total. The molecule has 6 rings (SSSR count). The molecule has 16 heteroatoms. The van der Waals surface area contributed by atoms with Crippen LogP contribution in [0.15, 0.2) is 30.7 Å². The van der Waals surface area contributed by atoms with Gasteiger partial charge in [0.15, 0.2) is 5.65 Å². The number of amides is 2. The summed E-state index contributed by atoms with van der Waals surface area (Å²) < 4.78 is 49.6. The molecular weight excluding hydrogens is 621 g/mol. The normalized spacial score (nSPS) is 18.9. The number of aliphatic hydroxyl groups excluding tert-OH is 1. The van der Waals surface area contributed by atoms with Crippen molar-refractivity contribution in [2.45, 2.75) is 77.3 Å². The van der Waals surface area contributed by atoms with Gasteiger partial charge in [0.2, 0.25) is 0 Å². The molecule has 1 saturated carbocycles. The van der Waals surface area contributed by atoms with E-state index in [1.807, 2.05) is 0 Å². The minimum absolute atomic E-state index is 0.00324. The van der Waals surface area contributed by atoms with Crippen LogP contribution < -0.4 is 10.2 Å². The van der Waals surface area contributed by atoms with Crippen LogP contribution in [0.5, 0.6) is 0 Å². The van der Waals surface area contributed by atoms with E-state index in [0.29, 0.717) is 42.5 Å². The number of pyridine rings is 1. The number of piperidine rings is 1. The van der Waals surface area contributed by atoms with Gasteiger partial charge in [-0.15, -0.1) is 0 Å². The Morgan fingerprint density at radius 1 is 1.13 bits per heavy atom. The molecule has 0 bridgehead atoms. The second kappa shape index (κ2) is 11.9. The Morgan fingerprint density at radius 2 is 1.87 bits per heavy atom. The average Bonchev–Trinajstić information content (AvgIpc) is 3.60. The smallest absolute Gasteiger partial charge is 0.416 e. The molecule has 2 fully saturated rings. The molecule has 13 nitrogen and oxygen atoms in total. The monoisotopic (exact) mass is 658 g/mol. The van der Waals surface area contributed by atoms with Gasteiger partial charge in [-0.3, -0.25) is 4.90 Å². The number of hydrogen-bond donors (Lipinski definition) is 3. The van der Waals surface area contributed by atoms with Crippen LogP contribution in [0, 0.1) is 12.8 Å². The maximum atomic E-state index is 13.8. The van der Waals surface area contributed by atoms with Gasteiger partial charge in [-0.25, -0.2) is 19.6 Å². The van der Waals surface area contributed by atoms with Gasteiger partial charge in [0.25, 0.3) is 0 Å². The molecule has 2 aliphatic rings. The van der Waals surface area contributed by atoms with Crippen LogP contribution in [-0.2, 0) is 17.5 Å². The van der Waals surface area contributed by atoms with Gasteiger partial charge in [0.05, 0.1) is 36.6 Å². The lowest BCUT2D eigenvalue weighted by Crippen LogP contribution is -2.47. The summed E-state index contributed by atoms with van der Waals surface area (Å²) in [6, 6.07) is 2.61. The number of likely N-dealkylation sites (tertiary alicyclic amines) is 1. The standard InChI is InChI=1S/C31H37F3N8O5/c1-17-13-40-14-20(37-25(40)9-22(17)31(32,33)34)15-41(29(46)47-30(2,3)4)26-10-24(38-27-21(18-5-6-18)12-36-42(26)27)35-11-19-7-8-39(28(44)45)16-23(19)43/h9-10,12-14,18-19,23,43H,5-8,11,15-16H2,1-4H3,(H,35,38)(H,44,45). The number of aliphatic hydroxyl groups is 1. The SMILES string of the molecule is Cc1cn2cc(CN(C(=O)OC(C)(C)C)c3cc(NCC4CCN(C(=O)O)CC4O)nc4c(C5CC5)cnn34)nc2cc1C(F)(F)F. The zero-order valence-electron chi connectivity index (χ0n) is 26.5. The maximum absolute atomic E-state index is 13.8. The van der Waals surface area contributed by atoms with E-state index in [4.69, 9.17) is 9.72 Å². The molecule has 2 atom stereocenters. The number of aromatic nitrogens is 5. The van der Waals surface area contributed by atoms with Crippen molar-refractivity contribution in [1.29, 1.82) is 0 Å². The Kier molecular flexibility index (Phi) is 8.18. The quantitative estimate of drug-likeness (QED) is 0.241. The molecule has 5 heterocycles. The largest absolute Gasteiger partial charge is 0.465 e. The molecule has 4 aromatic rings. The molecule has 4 aromatic heterocycles. The van der Waals surface area contributed by atoms with E-state index in [1.54, 1.807) is 43.7 Å². The molecule has 1 saturated heterocycles. The number of β-amino-alcohol motifs (C(OH)–C–C–N with tert-alkyl or cyclic N) is 1. The lowest BCUT2D eigenvalue weighted by Gasteiger charge is -2.34. The summed E-state index contributed by atoms with van der Waals surface area (Å²) in [7, 11) is 0. The minimum Gasteiger partial charge on any atom is -0.465 e. The molecule has 0 aromatic carbocycles. The van der Waals surface area contributed by atoms with Crippen molar-refractivity contribution in [3.05, 3.63) is 53.1 Å². The lowest BCUT2D eigenvalue weighted by molar-refractivity contribution is -0.138. The first-order valence-corrected chi connectivity index (χ1v) is 15.4. The molecule has 1 aliphatic heterocycles. The van der Waals surface area contributed by atoms with Crippen LogP contribution in [-0.4, -0.2) is 82.6 Å². The van der Waals surface area contributed by atoms with Crippen LogP contribution in [0.3, 0.4) is 0 Å². The van der Waals surface area contributed by atoms with E-state index in [9.17, 15) is 33.0 Å². The Labute approximate surface area is 268 Å². The zero-order valence-corrected chi connectivity index (χ0v) is 26.5. The highest BCUT2D eigenvalue weighted by molar-refractivity contribution is 5.88. The number of carbonyl (C=O) groups is 2. The van der Waals surface area contributed by atoms with Gasteiger partial charge in [0.1, 0.15) is 22.9 Å². The minimum atomic E-state index is -4.55. The number of fused-ring (bicyclic) bond motifs is 2. The van der Waals surface area contributed by atoms with E-state index in [2.05, 4.69) is 15.4 Å². The number of rotatable bonds is 7. The molecule has 252 valence electrons. The van der Waals surface area contributed by atoms with Gasteiger partial charge >= 0.3 is 18.4 Å². The van der Waals surface area contributed by atoms with E-state index in [-0.39, 0.29) is 36.1 Å².